The lowest BCUT2D eigenvalue weighted by atomic mass is 9.90. The van der Waals surface area contributed by atoms with Crippen molar-refractivity contribution < 1.29 is 8.42 Å². The van der Waals surface area contributed by atoms with E-state index < -0.39 is 9.84 Å². The summed E-state index contributed by atoms with van der Waals surface area (Å²) in [4.78, 5) is 0. The van der Waals surface area contributed by atoms with Gasteiger partial charge in [-0.05, 0) is 24.7 Å². The Morgan fingerprint density at radius 3 is 2.40 bits per heavy atom. The van der Waals surface area contributed by atoms with E-state index in [0.717, 1.165) is 18.8 Å². The Kier molecular flexibility index (Phi) is 3.36. The minimum Gasteiger partial charge on any atom is -0.327 e. The van der Waals surface area contributed by atoms with Gasteiger partial charge in [0, 0.05) is 6.04 Å². The Hall–Kier alpha value is -0.0900. The fourth-order valence-electron chi connectivity index (χ4n) is 2.98. The Bertz CT molecular complexity index is 307. The molecule has 2 aliphatic rings. The highest BCUT2D eigenvalue weighted by Gasteiger charge is 2.33. The maximum Gasteiger partial charge on any atom is 0.150 e. The van der Waals surface area contributed by atoms with Gasteiger partial charge in [0.2, 0.25) is 0 Å². The summed E-state index contributed by atoms with van der Waals surface area (Å²) in [5.74, 6) is 1.69. The van der Waals surface area contributed by atoms with Gasteiger partial charge in [-0.2, -0.15) is 0 Å². The van der Waals surface area contributed by atoms with Crippen molar-refractivity contribution in [3.05, 3.63) is 0 Å². The van der Waals surface area contributed by atoms with Crippen LogP contribution in [0.15, 0.2) is 0 Å². The second-order valence-corrected chi connectivity index (χ2v) is 7.44. The number of hydrogen-bond acceptors (Lipinski definition) is 3. The third kappa shape index (κ3) is 2.94. The predicted octanol–water partition coefficient (Wildman–Crippen LogP) is 1.33. The maximum absolute atomic E-state index is 11.3. The van der Waals surface area contributed by atoms with Crippen molar-refractivity contribution in [3.8, 4) is 0 Å². The first kappa shape index (κ1) is 11.4. The van der Waals surface area contributed by atoms with Gasteiger partial charge in [-0.1, -0.05) is 25.7 Å². The van der Waals surface area contributed by atoms with Crippen molar-refractivity contribution in [1.82, 2.24) is 0 Å². The highest BCUT2D eigenvalue weighted by atomic mass is 32.2. The summed E-state index contributed by atoms with van der Waals surface area (Å²) in [5.41, 5.74) is 6.12. The lowest BCUT2D eigenvalue weighted by Gasteiger charge is -2.21. The van der Waals surface area contributed by atoms with Crippen LogP contribution < -0.4 is 5.73 Å². The molecular weight excluding hydrogens is 210 g/mol. The molecule has 1 saturated heterocycles. The van der Waals surface area contributed by atoms with Crippen molar-refractivity contribution in [2.75, 3.05) is 11.5 Å². The summed E-state index contributed by atoms with van der Waals surface area (Å²) in [6, 6.07) is 0.116. The standard InChI is InChI=1S/C11H21NO2S/c12-11(7-9-3-1-2-4-9)10-5-6-15(13,14)8-10/h9-11H,1-8,12H2. The quantitative estimate of drug-likeness (QED) is 0.797. The van der Waals surface area contributed by atoms with Crippen molar-refractivity contribution in [3.63, 3.8) is 0 Å². The van der Waals surface area contributed by atoms with E-state index >= 15 is 0 Å². The molecule has 1 heterocycles. The van der Waals surface area contributed by atoms with Crippen LogP contribution in [0.1, 0.15) is 38.5 Å². The summed E-state index contributed by atoms with van der Waals surface area (Å²) >= 11 is 0. The zero-order chi connectivity index (χ0) is 10.9. The smallest absolute Gasteiger partial charge is 0.150 e. The first-order valence-corrected chi connectivity index (χ1v) is 7.85. The summed E-state index contributed by atoms with van der Waals surface area (Å²) in [6.45, 7) is 0. The van der Waals surface area contributed by atoms with Crippen molar-refractivity contribution in [2.45, 2.75) is 44.6 Å². The third-order valence-corrected chi connectivity index (χ3v) is 5.75. The van der Waals surface area contributed by atoms with Gasteiger partial charge in [0.15, 0.2) is 9.84 Å². The normalized spacial score (nSPS) is 33.3. The molecule has 0 aromatic heterocycles. The van der Waals surface area contributed by atoms with E-state index in [2.05, 4.69) is 0 Å². The molecule has 2 unspecified atom stereocenters. The summed E-state index contributed by atoms with van der Waals surface area (Å²) < 4.78 is 22.7. The molecule has 4 heteroatoms. The maximum atomic E-state index is 11.3. The van der Waals surface area contributed by atoms with Crippen LogP contribution in [0.2, 0.25) is 0 Å². The largest absolute Gasteiger partial charge is 0.327 e. The lowest BCUT2D eigenvalue weighted by Crippen LogP contribution is -2.32. The SMILES string of the molecule is NC(CC1CCCC1)C1CCS(=O)(=O)C1. The van der Waals surface area contributed by atoms with Crippen LogP contribution in [0.25, 0.3) is 0 Å². The van der Waals surface area contributed by atoms with E-state index in [1.807, 2.05) is 0 Å². The van der Waals surface area contributed by atoms with Gasteiger partial charge in [0.05, 0.1) is 11.5 Å². The van der Waals surface area contributed by atoms with Crippen LogP contribution in [0.5, 0.6) is 0 Å². The molecule has 15 heavy (non-hydrogen) atoms. The Balaban J connectivity index is 1.83. The zero-order valence-corrected chi connectivity index (χ0v) is 10.0. The molecule has 1 aliphatic carbocycles. The molecule has 1 aliphatic heterocycles. The van der Waals surface area contributed by atoms with Crippen LogP contribution in [0, 0.1) is 11.8 Å². The van der Waals surface area contributed by atoms with Gasteiger partial charge in [-0.15, -0.1) is 0 Å². The van der Waals surface area contributed by atoms with E-state index in [1.54, 1.807) is 0 Å². The summed E-state index contributed by atoms with van der Waals surface area (Å²) in [5, 5.41) is 0. The van der Waals surface area contributed by atoms with Crippen molar-refractivity contribution in [2.24, 2.45) is 17.6 Å². The molecule has 0 spiro atoms. The van der Waals surface area contributed by atoms with Crippen molar-refractivity contribution in [1.29, 1.82) is 0 Å². The number of nitrogens with two attached hydrogens (primary N) is 1. The lowest BCUT2D eigenvalue weighted by molar-refractivity contribution is 0.364. The van der Waals surface area contributed by atoms with Crippen LogP contribution in [0.3, 0.4) is 0 Å². The summed E-state index contributed by atoms with van der Waals surface area (Å²) in [7, 11) is -2.75. The molecule has 2 rings (SSSR count). The Morgan fingerprint density at radius 2 is 1.87 bits per heavy atom. The fourth-order valence-corrected chi connectivity index (χ4v) is 4.88. The molecule has 0 bridgehead atoms. The Labute approximate surface area is 92.3 Å². The highest BCUT2D eigenvalue weighted by molar-refractivity contribution is 7.91. The molecule has 0 radical (unpaired) electrons. The van der Waals surface area contributed by atoms with E-state index in [-0.39, 0.29) is 12.0 Å². The van der Waals surface area contributed by atoms with E-state index in [9.17, 15) is 8.42 Å². The second kappa shape index (κ2) is 4.42. The van der Waals surface area contributed by atoms with Crippen LogP contribution in [-0.2, 0) is 9.84 Å². The minimum absolute atomic E-state index is 0.116. The molecule has 3 nitrogen and oxygen atoms in total. The monoisotopic (exact) mass is 231 g/mol. The molecule has 1 saturated carbocycles. The van der Waals surface area contributed by atoms with Gasteiger partial charge in [-0.3, -0.25) is 0 Å². The highest BCUT2D eigenvalue weighted by Crippen LogP contribution is 2.31. The van der Waals surface area contributed by atoms with Crippen molar-refractivity contribution >= 4 is 9.84 Å². The fraction of sp³-hybridized carbons (Fsp3) is 1.00. The summed E-state index contributed by atoms with van der Waals surface area (Å²) in [6.07, 6.45) is 7.09. The molecule has 88 valence electrons. The van der Waals surface area contributed by atoms with E-state index in [4.69, 9.17) is 5.73 Å². The molecule has 0 aromatic rings. The topological polar surface area (TPSA) is 60.2 Å². The van der Waals surface area contributed by atoms with Gasteiger partial charge in [0.1, 0.15) is 0 Å². The van der Waals surface area contributed by atoms with Crippen LogP contribution >= 0.6 is 0 Å². The van der Waals surface area contributed by atoms with Crippen LogP contribution in [-0.4, -0.2) is 26.0 Å². The van der Waals surface area contributed by atoms with E-state index in [0.29, 0.717) is 11.5 Å². The van der Waals surface area contributed by atoms with Gasteiger partial charge in [0.25, 0.3) is 0 Å². The Morgan fingerprint density at radius 1 is 1.20 bits per heavy atom. The molecule has 0 amide bonds. The third-order valence-electron chi connectivity index (χ3n) is 3.95. The van der Waals surface area contributed by atoms with Gasteiger partial charge in [-0.25, -0.2) is 8.42 Å². The number of rotatable bonds is 3. The molecule has 2 fully saturated rings. The molecule has 2 atom stereocenters. The minimum atomic E-state index is -2.75. The second-order valence-electron chi connectivity index (χ2n) is 5.21. The average Bonchev–Trinajstić information content (AvgIpc) is 2.74. The predicted molar refractivity (Wildman–Crippen MR) is 61.3 cm³/mol. The molecule has 2 N–H and O–H groups in total. The van der Waals surface area contributed by atoms with Gasteiger partial charge >= 0.3 is 0 Å². The zero-order valence-electron chi connectivity index (χ0n) is 9.19. The molecular formula is C11H21NO2S. The first-order chi connectivity index (χ1) is 7.07. The number of sulfone groups is 1. The van der Waals surface area contributed by atoms with E-state index in [1.165, 1.54) is 25.7 Å². The number of hydrogen-bond donors (Lipinski definition) is 1. The van der Waals surface area contributed by atoms with Gasteiger partial charge < -0.3 is 5.73 Å². The van der Waals surface area contributed by atoms with Crippen LogP contribution in [0.4, 0.5) is 0 Å². The first-order valence-electron chi connectivity index (χ1n) is 6.03. The average molecular weight is 231 g/mol. The molecule has 0 aromatic carbocycles.